The van der Waals surface area contributed by atoms with Gasteiger partial charge in [0.1, 0.15) is 11.6 Å². The predicted octanol–water partition coefficient (Wildman–Crippen LogP) is 3.92. The zero-order chi connectivity index (χ0) is 24.5. The number of likely N-dealkylation sites (tertiary alicyclic amines) is 1. The van der Waals surface area contributed by atoms with Crippen molar-refractivity contribution in [1.82, 2.24) is 14.1 Å². The van der Waals surface area contributed by atoms with Crippen LogP contribution in [-0.2, 0) is 10.0 Å². The van der Waals surface area contributed by atoms with Gasteiger partial charge in [-0.3, -0.25) is 0 Å². The number of amides is 2. The van der Waals surface area contributed by atoms with E-state index >= 15 is 0 Å². The summed E-state index contributed by atoms with van der Waals surface area (Å²) < 4.78 is 44.1. The Morgan fingerprint density at radius 3 is 2.29 bits per heavy atom. The highest BCUT2D eigenvalue weighted by atomic mass is 35.5. The molecule has 2 aromatic rings. The summed E-state index contributed by atoms with van der Waals surface area (Å²) in [6.45, 7) is 2.53. The van der Waals surface area contributed by atoms with Crippen molar-refractivity contribution in [3.05, 3.63) is 63.9 Å². The van der Waals surface area contributed by atoms with E-state index < -0.39 is 10.0 Å². The number of hydrogen-bond acceptors (Lipinski definition) is 4. The number of halogens is 3. The molecule has 34 heavy (non-hydrogen) atoms. The Bertz CT molecular complexity index is 1140. The number of ether oxygens (including phenoxy) is 1. The number of nitrogens with zero attached hydrogens (tertiary/aromatic N) is 3. The second-order valence-electron chi connectivity index (χ2n) is 8.64. The van der Waals surface area contributed by atoms with E-state index in [0.29, 0.717) is 48.6 Å². The van der Waals surface area contributed by atoms with Crippen molar-refractivity contribution in [1.29, 1.82) is 0 Å². The fourth-order valence-corrected chi connectivity index (χ4v) is 5.60. The summed E-state index contributed by atoms with van der Waals surface area (Å²) in [5.41, 5.74) is 0.958. The minimum Gasteiger partial charge on any atom is -0.493 e. The van der Waals surface area contributed by atoms with E-state index in [4.69, 9.17) is 27.9 Å². The van der Waals surface area contributed by atoms with Gasteiger partial charge >= 0.3 is 6.03 Å². The molecule has 11 heteroatoms. The lowest BCUT2D eigenvalue weighted by molar-refractivity contribution is 0.139. The number of sulfonamides is 1. The number of piperazine rings is 1. The Morgan fingerprint density at radius 2 is 1.68 bits per heavy atom. The van der Waals surface area contributed by atoms with Crippen molar-refractivity contribution in [3.63, 3.8) is 0 Å². The standard InChI is InChI=1S/C23H26Cl2FN3O4S/c1-34(31,32)29-10-8-27(9-11-29)23(30)28-13-17(15-33-19-5-3-18(26)4-6-19)20(14-28)16-2-7-21(24)22(25)12-16/h2-7,12,17,20H,8-11,13-15H2,1H3/t17-,20?/m0/s1. The molecule has 2 atom stereocenters. The first-order valence-electron chi connectivity index (χ1n) is 10.9. The number of benzene rings is 2. The molecule has 2 amide bonds. The van der Waals surface area contributed by atoms with Crippen LogP contribution < -0.4 is 4.74 Å². The van der Waals surface area contributed by atoms with E-state index in [9.17, 15) is 17.6 Å². The second kappa shape index (κ2) is 10.3. The summed E-state index contributed by atoms with van der Waals surface area (Å²) in [6.07, 6.45) is 1.18. The normalized spacial score (nSPS) is 21.6. The van der Waals surface area contributed by atoms with Crippen LogP contribution in [0.3, 0.4) is 0 Å². The Morgan fingerprint density at radius 1 is 1.00 bits per heavy atom. The molecule has 0 saturated carbocycles. The largest absolute Gasteiger partial charge is 0.493 e. The molecule has 2 saturated heterocycles. The van der Waals surface area contributed by atoms with Crippen molar-refractivity contribution in [3.8, 4) is 5.75 Å². The zero-order valence-electron chi connectivity index (χ0n) is 18.7. The molecule has 0 radical (unpaired) electrons. The first-order valence-corrected chi connectivity index (χ1v) is 13.5. The minimum absolute atomic E-state index is 0.0245. The molecule has 4 rings (SSSR count). The summed E-state index contributed by atoms with van der Waals surface area (Å²) in [4.78, 5) is 16.7. The lowest BCUT2D eigenvalue weighted by Gasteiger charge is -2.35. The zero-order valence-corrected chi connectivity index (χ0v) is 21.0. The number of carbonyl (C=O) groups excluding carboxylic acids is 1. The summed E-state index contributed by atoms with van der Waals surface area (Å²) in [7, 11) is -3.27. The molecule has 184 valence electrons. The molecule has 7 nitrogen and oxygen atoms in total. The SMILES string of the molecule is CS(=O)(=O)N1CCN(C(=O)N2CC(c3ccc(Cl)c(Cl)c3)[C@H](COc3ccc(F)cc3)C2)CC1. The smallest absolute Gasteiger partial charge is 0.320 e. The van der Waals surface area contributed by atoms with Crippen molar-refractivity contribution in [2.45, 2.75) is 5.92 Å². The van der Waals surface area contributed by atoms with E-state index in [1.807, 2.05) is 12.1 Å². The number of rotatable bonds is 5. The molecular weight excluding hydrogens is 504 g/mol. The molecule has 2 aliphatic rings. The minimum atomic E-state index is -3.27. The molecular formula is C23H26Cl2FN3O4S. The highest BCUT2D eigenvalue weighted by molar-refractivity contribution is 7.88. The third-order valence-corrected chi connectivity index (χ3v) is 8.38. The van der Waals surface area contributed by atoms with E-state index in [-0.39, 0.29) is 36.8 Å². The lowest BCUT2D eigenvalue weighted by Crippen LogP contribution is -2.53. The van der Waals surface area contributed by atoms with Gasteiger partial charge in [0.15, 0.2) is 0 Å². The Kier molecular flexibility index (Phi) is 7.57. The average molecular weight is 530 g/mol. The van der Waals surface area contributed by atoms with Crippen LogP contribution in [0, 0.1) is 11.7 Å². The monoisotopic (exact) mass is 529 g/mol. The van der Waals surface area contributed by atoms with Crippen molar-refractivity contribution in [2.24, 2.45) is 5.92 Å². The summed E-state index contributed by atoms with van der Waals surface area (Å²) in [6, 6.07) is 11.2. The first-order chi connectivity index (χ1) is 16.1. The summed E-state index contributed by atoms with van der Waals surface area (Å²) in [5, 5.41) is 0.901. The maximum atomic E-state index is 13.3. The number of carbonyl (C=O) groups is 1. The van der Waals surface area contributed by atoms with E-state index in [1.54, 1.807) is 28.0 Å². The number of urea groups is 1. The van der Waals surface area contributed by atoms with Gasteiger partial charge in [0.05, 0.1) is 22.9 Å². The Labute approximate surface area is 209 Å². The maximum absolute atomic E-state index is 13.3. The van der Waals surface area contributed by atoms with Crippen molar-refractivity contribution in [2.75, 3.05) is 52.1 Å². The van der Waals surface area contributed by atoms with Gasteiger partial charge in [-0.25, -0.2) is 17.6 Å². The van der Waals surface area contributed by atoms with Crippen LogP contribution in [0.2, 0.25) is 10.0 Å². The van der Waals surface area contributed by atoms with Gasteiger partial charge < -0.3 is 14.5 Å². The molecule has 1 unspecified atom stereocenters. The molecule has 0 aromatic heterocycles. The predicted molar refractivity (Wildman–Crippen MR) is 130 cm³/mol. The van der Waals surface area contributed by atoms with Gasteiger partial charge in [-0.1, -0.05) is 29.3 Å². The molecule has 2 heterocycles. The van der Waals surface area contributed by atoms with Crippen molar-refractivity contribution < 1.29 is 22.3 Å². The third-order valence-electron chi connectivity index (χ3n) is 6.34. The van der Waals surface area contributed by atoms with Crippen LogP contribution in [0.1, 0.15) is 11.5 Å². The second-order valence-corrected chi connectivity index (χ2v) is 11.4. The van der Waals surface area contributed by atoms with Crippen LogP contribution in [-0.4, -0.2) is 80.7 Å². The molecule has 0 aliphatic carbocycles. The van der Waals surface area contributed by atoms with Crippen LogP contribution in [0.4, 0.5) is 9.18 Å². The first kappa shape index (κ1) is 25.0. The molecule has 0 spiro atoms. The number of hydrogen-bond donors (Lipinski definition) is 0. The topological polar surface area (TPSA) is 70.2 Å². The van der Waals surface area contributed by atoms with Gasteiger partial charge in [-0.05, 0) is 42.0 Å². The molecule has 0 bridgehead atoms. The van der Waals surface area contributed by atoms with Crippen LogP contribution in [0.5, 0.6) is 5.75 Å². The Hall–Kier alpha value is -2.07. The van der Waals surface area contributed by atoms with Crippen LogP contribution >= 0.6 is 23.2 Å². The van der Waals surface area contributed by atoms with Crippen molar-refractivity contribution >= 4 is 39.3 Å². The lowest BCUT2D eigenvalue weighted by atomic mass is 9.89. The van der Waals surface area contributed by atoms with E-state index in [0.717, 1.165) is 5.56 Å². The molecule has 2 fully saturated rings. The van der Waals surface area contributed by atoms with E-state index in [2.05, 4.69) is 0 Å². The van der Waals surface area contributed by atoms with Gasteiger partial charge in [0, 0.05) is 51.1 Å². The maximum Gasteiger partial charge on any atom is 0.320 e. The molecule has 0 N–H and O–H groups in total. The fourth-order valence-electron chi connectivity index (χ4n) is 4.46. The average Bonchev–Trinajstić information content (AvgIpc) is 3.24. The third kappa shape index (κ3) is 5.76. The summed E-state index contributed by atoms with van der Waals surface area (Å²) in [5.74, 6) is 0.158. The van der Waals surface area contributed by atoms with Crippen LogP contribution in [0.15, 0.2) is 42.5 Å². The highest BCUT2D eigenvalue weighted by Crippen LogP contribution is 2.36. The fraction of sp³-hybridized carbons (Fsp3) is 0.435. The van der Waals surface area contributed by atoms with Crippen LogP contribution in [0.25, 0.3) is 0 Å². The quantitative estimate of drug-likeness (QED) is 0.588. The highest BCUT2D eigenvalue weighted by Gasteiger charge is 2.39. The van der Waals surface area contributed by atoms with E-state index in [1.165, 1.54) is 22.7 Å². The summed E-state index contributed by atoms with van der Waals surface area (Å²) >= 11 is 12.4. The molecule has 2 aromatic carbocycles. The van der Waals surface area contributed by atoms with Gasteiger partial charge in [0.2, 0.25) is 10.0 Å². The Balaban J connectivity index is 1.48. The molecule has 2 aliphatic heterocycles. The van der Waals surface area contributed by atoms with Gasteiger partial charge in [-0.2, -0.15) is 4.31 Å². The van der Waals surface area contributed by atoms with Gasteiger partial charge in [-0.15, -0.1) is 0 Å². The van der Waals surface area contributed by atoms with Gasteiger partial charge in [0.25, 0.3) is 0 Å².